The molecule has 6 heteroatoms. The Labute approximate surface area is 276 Å². The standard InChI is InChI=1S/C39H27N4O.Pt/c1-39(2)31-21-19-28(24-36(31)42-25-41(26-11-4-3-5-12-26)34-16-10-14-32(39)38(34)42)44-27-18-20-30-29-13-6-7-15-33(29)43(35(30)23-27)37-17-8-9-22-40-37;/h3-22,25H,1-2H3;/q-3;. The monoisotopic (exact) mass is 762 g/mol. The minimum Gasteiger partial charge on any atom is -0.509 e. The summed E-state index contributed by atoms with van der Waals surface area (Å²) >= 11 is 0. The van der Waals surface area contributed by atoms with Crippen molar-refractivity contribution in [3.05, 3.63) is 151 Å². The van der Waals surface area contributed by atoms with Gasteiger partial charge in [0.25, 0.3) is 0 Å². The van der Waals surface area contributed by atoms with Crippen LogP contribution in [0.4, 0.5) is 22.7 Å². The van der Waals surface area contributed by atoms with E-state index in [1.165, 1.54) is 16.8 Å². The topological polar surface area (TPSA) is 33.5 Å². The number of aromatic nitrogens is 2. The molecule has 0 bridgehead atoms. The summed E-state index contributed by atoms with van der Waals surface area (Å²) in [5.74, 6) is 2.11. The first-order valence-electron chi connectivity index (χ1n) is 14.8. The minimum absolute atomic E-state index is 0. The average Bonchev–Trinajstić information content (AvgIpc) is 3.61. The fourth-order valence-electron chi connectivity index (χ4n) is 6.82. The summed E-state index contributed by atoms with van der Waals surface area (Å²) in [6.07, 6.45) is 1.82. The Morgan fingerprint density at radius 2 is 1.47 bits per heavy atom. The number of nitrogens with zero attached hydrogens (tertiary/aromatic N) is 4. The molecule has 0 atom stereocenters. The van der Waals surface area contributed by atoms with E-state index >= 15 is 0 Å². The fraction of sp³-hybridized carbons (Fsp3) is 0.0769. The molecule has 0 amide bonds. The van der Waals surface area contributed by atoms with Gasteiger partial charge in [-0.1, -0.05) is 79.6 Å². The minimum atomic E-state index is -0.207. The molecule has 2 aromatic heterocycles. The number of para-hydroxylation sites is 3. The molecule has 4 heterocycles. The maximum absolute atomic E-state index is 6.52. The summed E-state index contributed by atoms with van der Waals surface area (Å²) < 4.78 is 8.66. The van der Waals surface area contributed by atoms with E-state index in [9.17, 15) is 0 Å². The quantitative estimate of drug-likeness (QED) is 0.167. The zero-order valence-electron chi connectivity index (χ0n) is 24.6. The van der Waals surface area contributed by atoms with Gasteiger partial charge < -0.3 is 19.1 Å². The largest absolute Gasteiger partial charge is 0.509 e. The van der Waals surface area contributed by atoms with Gasteiger partial charge in [0, 0.05) is 61.3 Å². The van der Waals surface area contributed by atoms with Gasteiger partial charge in [-0.25, -0.2) is 4.98 Å². The van der Waals surface area contributed by atoms with Gasteiger partial charge >= 0.3 is 0 Å². The molecular formula is C39H27N4OPt-3. The molecule has 222 valence electrons. The van der Waals surface area contributed by atoms with E-state index in [1.807, 2.05) is 42.6 Å². The van der Waals surface area contributed by atoms with Crippen molar-refractivity contribution in [2.24, 2.45) is 0 Å². The number of hydrogen-bond donors (Lipinski definition) is 0. The molecule has 0 radical (unpaired) electrons. The summed E-state index contributed by atoms with van der Waals surface area (Å²) in [7, 11) is 0. The van der Waals surface area contributed by atoms with Gasteiger partial charge in [-0.2, -0.15) is 12.1 Å². The van der Waals surface area contributed by atoms with E-state index in [-0.39, 0.29) is 26.5 Å². The van der Waals surface area contributed by atoms with Gasteiger partial charge in [0.05, 0.1) is 0 Å². The Bertz CT molecular complexity index is 2230. The molecule has 0 N–H and O–H groups in total. The summed E-state index contributed by atoms with van der Waals surface area (Å²) in [5, 5.41) is 2.26. The summed E-state index contributed by atoms with van der Waals surface area (Å²) in [6.45, 7) is 6.74. The van der Waals surface area contributed by atoms with Crippen LogP contribution < -0.4 is 14.5 Å². The number of ether oxygens (including phenoxy) is 1. The molecule has 9 rings (SSSR count). The van der Waals surface area contributed by atoms with Crippen molar-refractivity contribution in [2.45, 2.75) is 19.3 Å². The van der Waals surface area contributed by atoms with Crippen molar-refractivity contribution in [1.29, 1.82) is 0 Å². The van der Waals surface area contributed by atoms with Crippen molar-refractivity contribution >= 4 is 44.6 Å². The van der Waals surface area contributed by atoms with E-state index in [1.54, 1.807) is 0 Å². The van der Waals surface area contributed by atoms with Gasteiger partial charge in [0.15, 0.2) is 0 Å². The number of hydrogen-bond acceptors (Lipinski definition) is 4. The summed E-state index contributed by atoms with van der Waals surface area (Å²) in [4.78, 5) is 9.16. The van der Waals surface area contributed by atoms with Crippen molar-refractivity contribution < 1.29 is 25.8 Å². The van der Waals surface area contributed by atoms with E-state index in [2.05, 4.69) is 131 Å². The van der Waals surface area contributed by atoms with E-state index in [0.717, 1.165) is 44.7 Å². The van der Waals surface area contributed by atoms with Crippen LogP contribution >= 0.6 is 0 Å². The molecule has 0 unspecified atom stereocenters. The van der Waals surface area contributed by atoms with Gasteiger partial charge in [-0.05, 0) is 52.8 Å². The third kappa shape index (κ3) is 4.14. The third-order valence-electron chi connectivity index (χ3n) is 8.92. The molecule has 5 nitrogen and oxygen atoms in total. The van der Waals surface area contributed by atoms with E-state index in [4.69, 9.17) is 4.74 Å². The second-order valence-electron chi connectivity index (χ2n) is 11.8. The third-order valence-corrected chi connectivity index (χ3v) is 8.92. The molecule has 45 heavy (non-hydrogen) atoms. The number of pyridine rings is 1. The molecule has 0 fully saturated rings. The number of anilines is 4. The molecule has 2 aliphatic rings. The Balaban J connectivity index is 0.00000300. The Kier molecular flexibility index (Phi) is 6.37. The molecular weight excluding hydrogens is 736 g/mol. The molecule has 0 saturated carbocycles. The second-order valence-corrected chi connectivity index (χ2v) is 11.8. The Morgan fingerprint density at radius 1 is 0.689 bits per heavy atom. The second kappa shape index (κ2) is 10.4. The smallest absolute Gasteiger partial charge is 0.135 e. The van der Waals surface area contributed by atoms with Crippen LogP contribution in [0.1, 0.15) is 25.0 Å². The predicted octanol–water partition coefficient (Wildman–Crippen LogP) is 9.62. The molecule has 5 aromatic carbocycles. The van der Waals surface area contributed by atoms with Crippen LogP contribution in [-0.4, -0.2) is 9.55 Å². The summed E-state index contributed by atoms with van der Waals surface area (Å²) in [5.41, 5.74) is 8.76. The molecule has 0 aliphatic carbocycles. The zero-order valence-corrected chi connectivity index (χ0v) is 26.9. The van der Waals surface area contributed by atoms with Crippen molar-refractivity contribution in [2.75, 3.05) is 9.80 Å². The molecule has 0 saturated heterocycles. The predicted molar refractivity (Wildman–Crippen MR) is 176 cm³/mol. The first kappa shape index (κ1) is 27.7. The van der Waals surface area contributed by atoms with Crippen molar-refractivity contribution in [3.63, 3.8) is 0 Å². The van der Waals surface area contributed by atoms with Crippen LogP contribution in [0.3, 0.4) is 0 Å². The van der Waals surface area contributed by atoms with Crippen LogP contribution in [0.15, 0.2) is 121 Å². The number of rotatable bonds is 4. The molecule has 7 aromatic rings. The van der Waals surface area contributed by atoms with Crippen LogP contribution in [0.2, 0.25) is 0 Å². The normalized spacial score (nSPS) is 14.3. The van der Waals surface area contributed by atoms with Gasteiger partial charge in [-0.15, -0.1) is 41.9 Å². The maximum Gasteiger partial charge on any atom is 0.135 e. The van der Waals surface area contributed by atoms with Gasteiger partial charge in [0.1, 0.15) is 5.82 Å². The van der Waals surface area contributed by atoms with Crippen LogP contribution in [0, 0.1) is 18.8 Å². The van der Waals surface area contributed by atoms with Crippen LogP contribution in [0.25, 0.3) is 27.6 Å². The maximum atomic E-state index is 6.52. The van der Waals surface area contributed by atoms with Gasteiger partial charge in [-0.3, -0.25) is 0 Å². The van der Waals surface area contributed by atoms with Crippen molar-refractivity contribution in [1.82, 2.24) is 9.55 Å². The van der Waals surface area contributed by atoms with Crippen LogP contribution in [0.5, 0.6) is 11.5 Å². The SMILES string of the molecule is CC1(C)c2ccc(Oc3[c-]c4c(cc3)c3ccccc3n4-c3ccccn3)[c-]c2N2[CH-]N(c3ccccc3)c3cccc1c32.[Pt]. The van der Waals surface area contributed by atoms with Crippen molar-refractivity contribution in [3.8, 4) is 17.3 Å². The molecule has 2 aliphatic heterocycles. The first-order valence-corrected chi connectivity index (χ1v) is 14.8. The zero-order chi connectivity index (χ0) is 29.4. The average molecular weight is 763 g/mol. The Hall–Kier alpha value is -4.86. The fourth-order valence-corrected chi connectivity index (χ4v) is 6.82. The Morgan fingerprint density at radius 3 is 2.31 bits per heavy atom. The van der Waals surface area contributed by atoms with Gasteiger partial charge in [0.2, 0.25) is 0 Å². The van der Waals surface area contributed by atoms with E-state index in [0.29, 0.717) is 11.5 Å². The number of benzene rings is 5. The summed E-state index contributed by atoms with van der Waals surface area (Å²) in [6, 6.07) is 46.9. The number of fused-ring (bicyclic) bond motifs is 5. The molecule has 0 spiro atoms. The van der Waals surface area contributed by atoms with E-state index < -0.39 is 0 Å². The first-order chi connectivity index (χ1) is 21.6. The van der Waals surface area contributed by atoms with Crippen LogP contribution in [-0.2, 0) is 26.5 Å².